The predicted octanol–water partition coefficient (Wildman–Crippen LogP) is 8.78. The number of benzene rings is 2. The first kappa shape index (κ1) is 95.6. The highest BCUT2D eigenvalue weighted by atomic mass is 32.2. The smallest absolute Gasteiger partial charge is 0.407 e. The van der Waals surface area contributed by atoms with E-state index in [9.17, 15) is 62.3 Å². The average Bonchev–Trinajstić information content (AvgIpc) is 1.57. The third kappa shape index (κ3) is 29.7. The highest BCUT2D eigenvalue weighted by Gasteiger charge is 2.49. The van der Waals surface area contributed by atoms with Gasteiger partial charge >= 0.3 is 12.1 Å². The third-order valence-electron chi connectivity index (χ3n) is 22.7. The summed E-state index contributed by atoms with van der Waals surface area (Å²) in [6, 6.07) is 9.52. The first-order valence-electron chi connectivity index (χ1n) is 40.6. The zero-order chi connectivity index (χ0) is 84.1. The Morgan fingerprint density at radius 2 is 1.40 bits per heavy atom. The molecule has 0 aromatic heterocycles. The molecule has 28 heteroatoms. The fourth-order valence-electron chi connectivity index (χ4n) is 15.6. The maximum absolute atomic E-state index is 15.1. The quantitative estimate of drug-likeness (QED) is 0.0179. The number of amides is 9. The van der Waals surface area contributed by atoms with Crippen molar-refractivity contribution in [1.29, 1.82) is 0 Å². The van der Waals surface area contributed by atoms with Crippen molar-refractivity contribution in [2.45, 2.75) is 259 Å². The molecular formula is C85H131N9O18S. The maximum Gasteiger partial charge on any atom is 0.407 e. The SMILES string of the molecule is CC[C@H](C)[C@@H]([C@@H](CC(=O)N1C[C@@H](OC(=O)NCCCC(=O)OCc2ccc(CC(=O)[C@H](CCCCC(N)=O)NC(=O)[C@@H](CC(=O)CCCCCN3C(=O)CC(SCC4(CC(=O)NC)CC4)C3=O)C(C)C)cc2)C[C@H]1[C@H](OC)[C@@H](C)C(=O)NCC(=O)c1ccc(C)cc1C)OC)N(C)C(=O)[C@@H](CC(=O)[C@H](C(C)C)N(C)C)C(C)C. The van der Waals surface area contributed by atoms with Crippen LogP contribution in [0.25, 0.3) is 0 Å². The Bertz CT molecular complexity index is 3570. The molecule has 1 aliphatic carbocycles. The van der Waals surface area contributed by atoms with E-state index in [0.717, 1.165) is 24.0 Å². The fraction of sp³-hybridized carbons (Fsp3) is 0.694. The summed E-state index contributed by atoms with van der Waals surface area (Å²) in [6.07, 6.45) is 2.27. The van der Waals surface area contributed by atoms with E-state index >= 15 is 4.79 Å². The number of primary amides is 1. The largest absolute Gasteiger partial charge is 0.461 e. The number of aryl methyl sites for hydroxylation is 2. The zero-order valence-electron chi connectivity index (χ0n) is 70.2. The first-order valence-corrected chi connectivity index (χ1v) is 41.6. The molecule has 6 N–H and O–H groups in total. The Hall–Kier alpha value is -7.95. The van der Waals surface area contributed by atoms with Crippen LogP contribution in [0.3, 0.4) is 0 Å². The van der Waals surface area contributed by atoms with Crippen molar-refractivity contribution in [1.82, 2.24) is 40.9 Å². The van der Waals surface area contributed by atoms with Gasteiger partial charge < -0.3 is 55.7 Å². The molecule has 0 bridgehead atoms. The average molecular weight is 1600 g/mol. The van der Waals surface area contributed by atoms with Crippen LogP contribution in [0.15, 0.2) is 42.5 Å². The minimum atomic E-state index is -0.966. The van der Waals surface area contributed by atoms with Crippen LogP contribution in [-0.4, -0.2) is 224 Å². The van der Waals surface area contributed by atoms with Gasteiger partial charge in [-0.15, -0.1) is 11.8 Å². The number of likely N-dealkylation sites (tertiary alicyclic amines) is 2. The number of carbonyl (C=O) groups excluding carboxylic acids is 14. The molecule has 0 radical (unpaired) electrons. The number of imide groups is 1. The van der Waals surface area contributed by atoms with Gasteiger partial charge in [0.05, 0.1) is 67.1 Å². The number of esters is 1. The zero-order valence-corrected chi connectivity index (χ0v) is 71.0. The molecular weight excluding hydrogens is 1470 g/mol. The maximum atomic E-state index is 15.1. The van der Waals surface area contributed by atoms with Gasteiger partial charge in [-0.1, -0.05) is 130 Å². The van der Waals surface area contributed by atoms with Crippen molar-refractivity contribution in [2.24, 2.45) is 52.6 Å². The van der Waals surface area contributed by atoms with E-state index in [1.54, 1.807) is 56.3 Å². The molecule has 3 fully saturated rings. The number of nitrogens with two attached hydrogens (primary N) is 1. The Balaban J connectivity index is 1.15. The van der Waals surface area contributed by atoms with E-state index in [-0.39, 0.29) is 185 Å². The highest BCUT2D eigenvalue weighted by Crippen LogP contribution is 2.52. The fourth-order valence-corrected chi connectivity index (χ4v) is 17.1. The molecule has 1 saturated carbocycles. The van der Waals surface area contributed by atoms with E-state index in [1.807, 2.05) is 100 Å². The van der Waals surface area contributed by atoms with Crippen molar-refractivity contribution in [3.63, 3.8) is 0 Å². The second kappa shape index (κ2) is 46.6. The van der Waals surface area contributed by atoms with E-state index < -0.39 is 95.1 Å². The molecule has 630 valence electrons. The number of ether oxygens (including phenoxy) is 4. The number of thioether (sulfide) groups is 1. The number of carbonyl (C=O) groups is 14. The molecule has 2 aromatic rings. The lowest BCUT2D eigenvalue weighted by Crippen LogP contribution is -2.54. The van der Waals surface area contributed by atoms with Crippen molar-refractivity contribution >= 4 is 94.2 Å². The molecule has 5 rings (SSSR count). The van der Waals surface area contributed by atoms with E-state index in [1.165, 1.54) is 35.8 Å². The van der Waals surface area contributed by atoms with Gasteiger partial charge in [0.1, 0.15) is 18.5 Å². The molecule has 2 aliphatic heterocycles. The third-order valence-corrected chi connectivity index (χ3v) is 24.2. The summed E-state index contributed by atoms with van der Waals surface area (Å²) in [5.74, 6) is -6.13. The number of nitrogens with one attached hydrogen (secondary N) is 4. The number of Topliss-reactive ketones (excluding diaryl/α,β-unsaturated/α-hetero) is 4. The topological polar surface area (TPSA) is 363 Å². The predicted molar refractivity (Wildman–Crippen MR) is 431 cm³/mol. The van der Waals surface area contributed by atoms with E-state index in [0.29, 0.717) is 67.4 Å². The number of hydrogen-bond acceptors (Lipinski definition) is 20. The summed E-state index contributed by atoms with van der Waals surface area (Å²) < 4.78 is 23.7. The number of unbranched alkanes of at least 4 members (excludes halogenated alkanes) is 3. The number of hydrogen-bond donors (Lipinski definition) is 5. The van der Waals surface area contributed by atoms with Crippen LogP contribution in [0.4, 0.5) is 4.79 Å². The van der Waals surface area contributed by atoms with Crippen molar-refractivity contribution in [3.8, 4) is 0 Å². The van der Waals surface area contributed by atoms with E-state index in [2.05, 4.69) is 21.3 Å². The number of nitrogens with zero attached hydrogens (tertiary/aromatic N) is 4. The second-order valence-electron chi connectivity index (χ2n) is 32.9. The number of rotatable bonds is 52. The molecule has 27 nitrogen and oxygen atoms in total. The molecule has 2 heterocycles. The van der Waals surface area contributed by atoms with Crippen LogP contribution < -0.4 is 27.0 Å². The van der Waals surface area contributed by atoms with Crippen LogP contribution in [-0.2, 0) is 89.5 Å². The molecule has 113 heavy (non-hydrogen) atoms. The summed E-state index contributed by atoms with van der Waals surface area (Å²) >= 11 is 1.45. The van der Waals surface area contributed by atoms with Gasteiger partial charge in [0.2, 0.25) is 47.3 Å². The lowest BCUT2D eigenvalue weighted by atomic mass is 9.83. The van der Waals surface area contributed by atoms with Gasteiger partial charge in [0.25, 0.3) is 0 Å². The van der Waals surface area contributed by atoms with Crippen molar-refractivity contribution in [3.05, 3.63) is 70.3 Å². The Kier molecular flexibility index (Phi) is 39.4. The van der Waals surface area contributed by atoms with Gasteiger partial charge in [-0.05, 0) is 119 Å². The summed E-state index contributed by atoms with van der Waals surface area (Å²) in [7, 11) is 9.89. The molecule has 9 amide bonds. The van der Waals surface area contributed by atoms with Gasteiger partial charge in [-0.25, -0.2) is 4.79 Å². The van der Waals surface area contributed by atoms with Gasteiger partial charge in [0, 0.05) is 122 Å². The van der Waals surface area contributed by atoms with Crippen LogP contribution in [0.1, 0.15) is 217 Å². The van der Waals surface area contributed by atoms with Gasteiger partial charge in [-0.3, -0.25) is 72.1 Å². The monoisotopic (exact) mass is 1600 g/mol. The second-order valence-corrected chi connectivity index (χ2v) is 34.1. The lowest BCUT2D eigenvalue weighted by Gasteiger charge is -2.41. The van der Waals surface area contributed by atoms with Gasteiger partial charge in [-0.2, -0.15) is 0 Å². The van der Waals surface area contributed by atoms with Crippen molar-refractivity contribution in [2.75, 3.05) is 74.3 Å². The Morgan fingerprint density at radius 3 is 1.99 bits per heavy atom. The summed E-state index contributed by atoms with van der Waals surface area (Å²) in [5, 5.41) is 10.6. The molecule has 1 unspecified atom stereocenters. The molecule has 2 aromatic carbocycles. The molecule has 3 aliphatic rings. The molecule has 12 atom stereocenters. The van der Waals surface area contributed by atoms with E-state index in [4.69, 9.17) is 24.7 Å². The lowest BCUT2D eigenvalue weighted by molar-refractivity contribution is -0.149. The number of methoxy groups -OCH3 is 2. The summed E-state index contributed by atoms with van der Waals surface area (Å²) in [4.78, 5) is 195. The minimum Gasteiger partial charge on any atom is -0.461 e. The normalized spacial score (nSPS) is 18.4. The highest BCUT2D eigenvalue weighted by molar-refractivity contribution is 8.00. The van der Waals surface area contributed by atoms with Crippen LogP contribution in [0.2, 0.25) is 0 Å². The Morgan fingerprint density at radius 1 is 0.735 bits per heavy atom. The standard InChI is InChI=1S/C85H131N9O18S/c1-18-55(9)78(92(15)82(106)64(52(4)5)43-68(97)77(53(6)7)91(13)14)70(109-16)44-74(101)94-48-61(42-66(94)79(110-17)57(11)80(104)89-47-69(98)62-34-29-54(8)39-56(62)10)112-84(108)88-37-24-28-76(103)111-49-59-32-30-58(31-33-59)40-67(96)65(26-21-22-27-72(86)99)90-81(105)63(51(2)3)41-60(95)25-20-19-23-38-93-75(102)45-71(83(93)107)113-50-85(35-36-85)46-73(100)87-12/h29-34,39,51-53,55,57,61,63-66,70-71,77-79H,18-28,35-38,40-50H2,1-17H3,(H2,86,99)(H,87,100)(H,88,108)(H,89,104)(H,90,105)/t55-,57+,61-,63-,64-,65-,66-,70+,71?,77-,78-,79+/m0/s1. The minimum absolute atomic E-state index is 0.0126. The summed E-state index contributed by atoms with van der Waals surface area (Å²) in [5.41, 5.74) is 8.76. The Labute approximate surface area is 674 Å². The van der Waals surface area contributed by atoms with Gasteiger partial charge in [0.15, 0.2) is 17.3 Å². The molecule has 0 spiro atoms. The molecule has 2 saturated heterocycles. The first-order chi connectivity index (χ1) is 53.4. The van der Waals surface area contributed by atoms with Crippen LogP contribution in [0, 0.1) is 60.7 Å². The number of alkyl carbamates (subject to hydrolysis) is 1. The van der Waals surface area contributed by atoms with Crippen LogP contribution in [0.5, 0.6) is 0 Å². The summed E-state index contributed by atoms with van der Waals surface area (Å²) in [6.45, 7) is 20.6. The number of ketones is 4. The van der Waals surface area contributed by atoms with Crippen molar-refractivity contribution < 1.29 is 86.1 Å². The number of likely N-dealkylation sites (N-methyl/N-ethyl adjacent to an activating group) is 2. The van der Waals surface area contributed by atoms with Crippen LogP contribution >= 0.6 is 11.8 Å².